The van der Waals surface area contributed by atoms with Crippen LogP contribution in [0.3, 0.4) is 0 Å². The molecule has 114 valence electrons. The van der Waals surface area contributed by atoms with Gasteiger partial charge in [-0.05, 0) is 12.8 Å². The molecule has 0 aromatic carbocycles. The third-order valence-electron chi connectivity index (χ3n) is 4.13. The molecule has 2 N–H and O–H groups in total. The van der Waals surface area contributed by atoms with Crippen LogP contribution in [0.5, 0.6) is 0 Å². The van der Waals surface area contributed by atoms with Crippen LogP contribution in [-0.2, 0) is 4.74 Å². The van der Waals surface area contributed by atoms with Crippen LogP contribution in [0.15, 0.2) is 0 Å². The fourth-order valence-electron chi connectivity index (χ4n) is 2.83. The number of hydrogen-bond acceptors (Lipinski definition) is 3. The summed E-state index contributed by atoms with van der Waals surface area (Å²) in [5.41, 5.74) is 0. The zero-order chi connectivity index (χ0) is 14.1. The minimum Gasteiger partial charge on any atom is -0.390 e. The van der Waals surface area contributed by atoms with Crippen molar-refractivity contribution >= 4 is 0 Å². The summed E-state index contributed by atoms with van der Waals surface area (Å²) in [7, 11) is 0. The Hall–Kier alpha value is -0.120. The van der Waals surface area contributed by atoms with Gasteiger partial charge in [0.05, 0.1) is 24.4 Å². The molecule has 0 spiro atoms. The minimum atomic E-state index is -0.400. The van der Waals surface area contributed by atoms with Gasteiger partial charge >= 0.3 is 0 Å². The maximum absolute atomic E-state index is 10.1. The lowest BCUT2D eigenvalue weighted by Gasteiger charge is -2.19. The third kappa shape index (κ3) is 6.24. The van der Waals surface area contributed by atoms with Crippen molar-refractivity contribution in [1.29, 1.82) is 0 Å². The van der Waals surface area contributed by atoms with Crippen LogP contribution in [0.1, 0.15) is 78.1 Å². The predicted octanol–water partition coefficient (Wildman–Crippen LogP) is 3.42. The van der Waals surface area contributed by atoms with Crippen molar-refractivity contribution < 1.29 is 14.9 Å². The Balaban J connectivity index is 2.20. The van der Waals surface area contributed by atoms with Gasteiger partial charge in [0.1, 0.15) is 0 Å². The van der Waals surface area contributed by atoms with E-state index in [9.17, 15) is 10.2 Å². The van der Waals surface area contributed by atoms with Gasteiger partial charge in [-0.15, -0.1) is 0 Å². The molecule has 3 heteroatoms. The quantitative estimate of drug-likeness (QED) is 0.599. The van der Waals surface area contributed by atoms with Crippen LogP contribution < -0.4 is 0 Å². The van der Waals surface area contributed by atoms with Gasteiger partial charge in [0, 0.05) is 6.42 Å². The topological polar surface area (TPSA) is 49.7 Å². The van der Waals surface area contributed by atoms with Crippen molar-refractivity contribution in [3.8, 4) is 0 Å². The molecule has 19 heavy (non-hydrogen) atoms. The molecule has 0 aromatic heterocycles. The highest BCUT2D eigenvalue weighted by Crippen LogP contribution is 2.28. The summed E-state index contributed by atoms with van der Waals surface area (Å²) in [6.45, 7) is 4.36. The summed E-state index contributed by atoms with van der Waals surface area (Å²) in [4.78, 5) is 0. The Labute approximate surface area is 118 Å². The molecule has 0 radical (unpaired) electrons. The lowest BCUT2D eigenvalue weighted by atomic mass is 10.0. The zero-order valence-electron chi connectivity index (χ0n) is 12.7. The molecule has 0 amide bonds. The second-order valence-electron chi connectivity index (χ2n) is 5.93. The van der Waals surface area contributed by atoms with Crippen molar-refractivity contribution in [2.45, 2.75) is 102 Å². The van der Waals surface area contributed by atoms with Gasteiger partial charge in [0.2, 0.25) is 0 Å². The van der Waals surface area contributed by atoms with E-state index < -0.39 is 6.10 Å². The fourth-order valence-corrected chi connectivity index (χ4v) is 2.83. The highest BCUT2D eigenvalue weighted by Gasteiger charge is 2.36. The lowest BCUT2D eigenvalue weighted by Crippen LogP contribution is -2.26. The van der Waals surface area contributed by atoms with E-state index in [1.54, 1.807) is 0 Å². The molecule has 0 aliphatic carbocycles. The molecule has 0 unspecified atom stereocenters. The molecule has 1 fully saturated rings. The molecule has 3 nitrogen and oxygen atoms in total. The molecule has 1 aliphatic rings. The van der Waals surface area contributed by atoms with Crippen LogP contribution >= 0.6 is 0 Å². The van der Waals surface area contributed by atoms with E-state index in [2.05, 4.69) is 13.8 Å². The first-order chi connectivity index (χ1) is 9.19. The Morgan fingerprint density at radius 2 is 1.74 bits per heavy atom. The van der Waals surface area contributed by atoms with E-state index in [0.29, 0.717) is 6.42 Å². The van der Waals surface area contributed by atoms with E-state index in [0.717, 1.165) is 25.7 Å². The molecule has 1 heterocycles. The van der Waals surface area contributed by atoms with Crippen molar-refractivity contribution in [1.82, 2.24) is 0 Å². The molecule has 0 bridgehead atoms. The zero-order valence-corrected chi connectivity index (χ0v) is 12.7. The largest absolute Gasteiger partial charge is 0.390 e. The van der Waals surface area contributed by atoms with Crippen molar-refractivity contribution in [2.75, 3.05) is 0 Å². The van der Waals surface area contributed by atoms with E-state index in [4.69, 9.17) is 4.74 Å². The average Bonchev–Trinajstić information content (AvgIpc) is 2.77. The Kier molecular flexibility index (Phi) is 8.67. The van der Waals surface area contributed by atoms with Gasteiger partial charge in [-0.2, -0.15) is 0 Å². The van der Waals surface area contributed by atoms with Gasteiger partial charge in [0.15, 0.2) is 0 Å². The van der Waals surface area contributed by atoms with Crippen molar-refractivity contribution in [3.63, 3.8) is 0 Å². The number of aliphatic hydroxyl groups excluding tert-OH is 2. The fraction of sp³-hybridized carbons (Fsp3) is 1.00. The molecule has 1 aliphatic heterocycles. The minimum absolute atomic E-state index is 0.0539. The smallest absolute Gasteiger partial charge is 0.0864 e. The lowest BCUT2D eigenvalue weighted by molar-refractivity contribution is -0.0498. The summed E-state index contributed by atoms with van der Waals surface area (Å²) < 4.78 is 5.84. The van der Waals surface area contributed by atoms with Gasteiger partial charge in [-0.1, -0.05) is 58.8 Å². The molecular formula is C16H32O3. The average molecular weight is 272 g/mol. The van der Waals surface area contributed by atoms with Crippen LogP contribution in [0.2, 0.25) is 0 Å². The van der Waals surface area contributed by atoms with Crippen LogP contribution in [0, 0.1) is 0 Å². The number of unbranched alkanes of at least 4 members (excludes halogenated alkanes) is 5. The van der Waals surface area contributed by atoms with Gasteiger partial charge < -0.3 is 14.9 Å². The normalized spacial score (nSPS) is 28.7. The summed E-state index contributed by atoms with van der Waals surface area (Å²) in [6, 6.07) is 0. The van der Waals surface area contributed by atoms with Crippen molar-refractivity contribution in [3.05, 3.63) is 0 Å². The molecular weight excluding hydrogens is 240 g/mol. The van der Waals surface area contributed by atoms with Crippen molar-refractivity contribution in [2.24, 2.45) is 0 Å². The highest BCUT2D eigenvalue weighted by molar-refractivity contribution is 4.85. The summed E-state index contributed by atoms with van der Waals surface area (Å²) in [6.07, 6.45) is 9.53. The van der Waals surface area contributed by atoms with E-state index in [1.165, 1.54) is 32.1 Å². The highest BCUT2D eigenvalue weighted by atomic mass is 16.5. The second kappa shape index (κ2) is 9.73. The Morgan fingerprint density at radius 1 is 1.05 bits per heavy atom. The Bertz CT molecular complexity index is 220. The predicted molar refractivity (Wildman–Crippen MR) is 78.2 cm³/mol. The van der Waals surface area contributed by atoms with E-state index in [1.807, 2.05) is 0 Å². The van der Waals surface area contributed by atoms with Gasteiger partial charge in [-0.3, -0.25) is 0 Å². The van der Waals surface area contributed by atoms with Gasteiger partial charge in [0.25, 0.3) is 0 Å². The standard InChI is InChI=1S/C16H32O3/c1-3-5-7-9-10-13(17)16-12-14(18)15(19-16)11-8-6-4-2/h13-18H,3-12H2,1-2H3/t13-,14+,15+,16+/m1/s1. The third-order valence-corrected chi connectivity index (χ3v) is 4.13. The SMILES string of the molecule is CCCCCC[C@@H](O)[C@@H]1C[C@H](O)[C@H](CCCCC)O1. The molecule has 1 rings (SSSR count). The van der Waals surface area contributed by atoms with Crippen LogP contribution in [0.4, 0.5) is 0 Å². The van der Waals surface area contributed by atoms with Crippen LogP contribution in [0.25, 0.3) is 0 Å². The van der Waals surface area contributed by atoms with E-state index >= 15 is 0 Å². The Morgan fingerprint density at radius 3 is 2.42 bits per heavy atom. The summed E-state index contributed by atoms with van der Waals surface area (Å²) in [5.74, 6) is 0. The summed E-state index contributed by atoms with van der Waals surface area (Å²) in [5, 5.41) is 20.1. The molecule has 4 atom stereocenters. The maximum atomic E-state index is 10.1. The number of hydrogen-bond donors (Lipinski definition) is 2. The monoisotopic (exact) mass is 272 g/mol. The van der Waals surface area contributed by atoms with Gasteiger partial charge in [-0.25, -0.2) is 0 Å². The summed E-state index contributed by atoms with van der Waals surface area (Å²) >= 11 is 0. The molecule has 0 saturated carbocycles. The van der Waals surface area contributed by atoms with E-state index in [-0.39, 0.29) is 18.3 Å². The van der Waals surface area contributed by atoms with Crippen LogP contribution in [-0.4, -0.2) is 34.6 Å². The number of ether oxygens (including phenoxy) is 1. The first-order valence-electron chi connectivity index (χ1n) is 8.20. The molecule has 1 saturated heterocycles. The number of aliphatic hydroxyl groups is 2. The number of rotatable bonds is 10. The first-order valence-corrected chi connectivity index (χ1v) is 8.20. The first kappa shape index (κ1) is 16.9. The molecule has 0 aromatic rings. The second-order valence-corrected chi connectivity index (χ2v) is 5.93. The maximum Gasteiger partial charge on any atom is 0.0864 e.